The Kier molecular flexibility index (Phi) is 3.26. The van der Waals surface area contributed by atoms with E-state index in [0.29, 0.717) is 17.2 Å². The molecule has 0 amide bonds. The largest absolute Gasteiger partial charge is 0.494 e. The Hall–Kier alpha value is -2.17. The SMILES string of the molecule is COc1cc([N+](=O)[O-])cc2cc(C3CCCC3)cnc12. The summed E-state index contributed by atoms with van der Waals surface area (Å²) in [5.41, 5.74) is 1.90. The third-order valence-corrected chi connectivity index (χ3v) is 4.01. The predicted molar refractivity (Wildman–Crippen MR) is 76.2 cm³/mol. The molecule has 1 fully saturated rings. The fraction of sp³-hybridized carbons (Fsp3) is 0.400. The minimum Gasteiger partial charge on any atom is -0.494 e. The number of nitrogens with zero attached hydrogens (tertiary/aromatic N) is 2. The maximum absolute atomic E-state index is 11.0. The van der Waals surface area contributed by atoms with Gasteiger partial charge in [-0.2, -0.15) is 0 Å². The van der Waals surface area contributed by atoms with Gasteiger partial charge in [-0.1, -0.05) is 12.8 Å². The summed E-state index contributed by atoms with van der Waals surface area (Å²) in [5, 5.41) is 11.8. The molecule has 0 radical (unpaired) electrons. The number of non-ortho nitro benzene ring substituents is 1. The molecule has 104 valence electrons. The summed E-state index contributed by atoms with van der Waals surface area (Å²) in [6, 6.07) is 5.02. The molecule has 1 aromatic carbocycles. The molecular formula is C15H16N2O3. The predicted octanol–water partition coefficient (Wildman–Crippen LogP) is 3.81. The quantitative estimate of drug-likeness (QED) is 0.629. The monoisotopic (exact) mass is 272 g/mol. The maximum Gasteiger partial charge on any atom is 0.273 e. The average Bonchev–Trinajstić information content (AvgIpc) is 2.99. The number of aromatic nitrogens is 1. The van der Waals surface area contributed by atoms with Gasteiger partial charge in [0.25, 0.3) is 5.69 Å². The Balaban J connectivity index is 2.13. The van der Waals surface area contributed by atoms with E-state index in [2.05, 4.69) is 4.98 Å². The number of fused-ring (bicyclic) bond motifs is 1. The highest BCUT2D eigenvalue weighted by Gasteiger charge is 2.19. The lowest BCUT2D eigenvalue weighted by atomic mass is 9.98. The Labute approximate surface area is 116 Å². The molecule has 5 heteroatoms. The van der Waals surface area contributed by atoms with E-state index in [4.69, 9.17) is 4.74 Å². The molecule has 1 heterocycles. The molecular weight excluding hydrogens is 256 g/mol. The number of pyridine rings is 1. The van der Waals surface area contributed by atoms with Gasteiger partial charge >= 0.3 is 0 Å². The number of hydrogen-bond acceptors (Lipinski definition) is 4. The number of hydrogen-bond donors (Lipinski definition) is 0. The maximum atomic E-state index is 11.0. The summed E-state index contributed by atoms with van der Waals surface area (Å²) in [6.07, 6.45) is 6.74. The van der Waals surface area contributed by atoms with Crippen LogP contribution in [0.15, 0.2) is 24.4 Å². The Morgan fingerprint density at radius 3 is 2.70 bits per heavy atom. The van der Waals surface area contributed by atoms with Crippen molar-refractivity contribution < 1.29 is 9.66 Å². The molecule has 0 spiro atoms. The summed E-state index contributed by atoms with van der Waals surface area (Å²) in [7, 11) is 1.51. The lowest BCUT2D eigenvalue weighted by molar-refractivity contribution is -0.384. The van der Waals surface area contributed by atoms with Crippen LogP contribution in [0.5, 0.6) is 5.75 Å². The lowest BCUT2D eigenvalue weighted by Gasteiger charge is -2.11. The summed E-state index contributed by atoms with van der Waals surface area (Å²) < 4.78 is 5.22. The Bertz CT molecular complexity index is 663. The normalized spacial score (nSPS) is 15.7. The Morgan fingerprint density at radius 1 is 1.30 bits per heavy atom. The van der Waals surface area contributed by atoms with Crippen LogP contribution >= 0.6 is 0 Å². The second kappa shape index (κ2) is 5.07. The fourth-order valence-corrected chi connectivity index (χ4v) is 2.96. The van der Waals surface area contributed by atoms with Crippen molar-refractivity contribution in [3.05, 3.63) is 40.1 Å². The first-order valence-electron chi connectivity index (χ1n) is 6.81. The molecule has 1 aliphatic rings. The summed E-state index contributed by atoms with van der Waals surface area (Å²) >= 11 is 0. The molecule has 1 aromatic heterocycles. The van der Waals surface area contributed by atoms with Gasteiger partial charge in [-0.15, -0.1) is 0 Å². The van der Waals surface area contributed by atoms with Gasteiger partial charge in [0.05, 0.1) is 18.1 Å². The molecule has 0 saturated heterocycles. The molecule has 3 rings (SSSR count). The van der Waals surface area contributed by atoms with Crippen LogP contribution in [0.2, 0.25) is 0 Å². The first-order valence-corrected chi connectivity index (χ1v) is 6.81. The molecule has 20 heavy (non-hydrogen) atoms. The molecule has 0 atom stereocenters. The fourth-order valence-electron chi connectivity index (χ4n) is 2.96. The van der Waals surface area contributed by atoms with E-state index in [1.165, 1.54) is 44.4 Å². The first-order chi connectivity index (χ1) is 9.69. The van der Waals surface area contributed by atoms with E-state index in [1.807, 2.05) is 12.3 Å². The van der Waals surface area contributed by atoms with Gasteiger partial charge in [-0.3, -0.25) is 15.1 Å². The smallest absolute Gasteiger partial charge is 0.273 e. The Morgan fingerprint density at radius 2 is 2.05 bits per heavy atom. The topological polar surface area (TPSA) is 65.3 Å². The van der Waals surface area contributed by atoms with E-state index in [-0.39, 0.29) is 5.69 Å². The number of benzene rings is 1. The van der Waals surface area contributed by atoms with E-state index >= 15 is 0 Å². The number of methoxy groups -OCH3 is 1. The van der Waals surface area contributed by atoms with Crippen LogP contribution in [0.3, 0.4) is 0 Å². The van der Waals surface area contributed by atoms with Gasteiger partial charge in [0.1, 0.15) is 5.52 Å². The molecule has 1 aliphatic carbocycles. The van der Waals surface area contributed by atoms with Crippen LogP contribution in [-0.4, -0.2) is 17.0 Å². The second-order valence-corrected chi connectivity index (χ2v) is 5.23. The number of nitro benzene ring substituents is 1. The van der Waals surface area contributed by atoms with Gasteiger partial charge in [-0.25, -0.2) is 0 Å². The molecule has 0 bridgehead atoms. The van der Waals surface area contributed by atoms with Crippen molar-refractivity contribution in [1.82, 2.24) is 4.98 Å². The van der Waals surface area contributed by atoms with Crippen LogP contribution in [0, 0.1) is 10.1 Å². The third kappa shape index (κ3) is 2.19. The average molecular weight is 272 g/mol. The van der Waals surface area contributed by atoms with E-state index in [1.54, 1.807) is 6.07 Å². The minimum atomic E-state index is -0.399. The molecule has 2 aromatic rings. The van der Waals surface area contributed by atoms with Gasteiger partial charge < -0.3 is 4.74 Å². The van der Waals surface area contributed by atoms with Gasteiger partial charge in [0.2, 0.25) is 0 Å². The third-order valence-electron chi connectivity index (χ3n) is 4.01. The van der Waals surface area contributed by atoms with Crippen molar-refractivity contribution in [2.75, 3.05) is 7.11 Å². The molecule has 0 N–H and O–H groups in total. The van der Waals surface area contributed by atoms with Crippen molar-refractivity contribution >= 4 is 16.6 Å². The van der Waals surface area contributed by atoms with Crippen molar-refractivity contribution in [2.45, 2.75) is 31.6 Å². The van der Waals surface area contributed by atoms with Crippen LogP contribution in [0.25, 0.3) is 10.9 Å². The minimum absolute atomic E-state index is 0.0414. The van der Waals surface area contributed by atoms with E-state index in [9.17, 15) is 10.1 Å². The first kappa shape index (κ1) is 12.8. The molecule has 0 unspecified atom stereocenters. The van der Waals surface area contributed by atoms with Crippen LogP contribution in [-0.2, 0) is 0 Å². The van der Waals surface area contributed by atoms with Crippen molar-refractivity contribution in [3.63, 3.8) is 0 Å². The highest BCUT2D eigenvalue weighted by atomic mass is 16.6. The molecule has 5 nitrogen and oxygen atoms in total. The van der Waals surface area contributed by atoms with Gasteiger partial charge in [-0.05, 0) is 30.4 Å². The highest BCUT2D eigenvalue weighted by Crippen LogP contribution is 2.36. The number of ether oxygens (including phenoxy) is 1. The second-order valence-electron chi connectivity index (χ2n) is 5.23. The lowest BCUT2D eigenvalue weighted by Crippen LogP contribution is -1.97. The number of rotatable bonds is 3. The van der Waals surface area contributed by atoms with Gasteiger partial charge in [0, 0.05) is 17.6 Å². The zero-order chi connectivity index (χ0) is 14.1. The van der Waals surface area contributed by atoms with Crippen LogP contribution in [0.4, 0.5) is 5.69 Å². The standard InChI is InChI=1S/C15H16N2O3/c1-20-14-8-13(17(18)19)7-11-6-12(9-16-15(11)14)10-4-2-3-5-10/h6-10H,2-5H2,1H3. The van der Waals surface area contributed by atoms with Gasteiger partial charge in [0.15, 0.2) is 5.75 Å². The molecule has 0 aliphatic heterocycles. The van der Waals surface area contributed by atoms with Crippen molar-refractivity contribution in [3.8, 4) is 5.75 Å². The van der Waals surface area contributed by atoms with E-state index in [0.717, 1.165) is 5.39 Å². The zero-order valence-corrected chi connectivity index (χ0v) is 11.3. The summed E-state index contributed by atoms with van der Waals surface area (Å²) in [5.74, 6) is 0.990. The summed E-state index contributed by atoms with van der Waals surface area (Å²) in [4.78, 5) is 15.0. The van der Waals surface area contributed by atoms with Crippen LogP contribution < -0.4 is 4.74 Å². The number of nitro groups is 1. The zero-order valence-electron chi connectivity index (χ0n) is 11.3. The van der Waals surface area contributed by atoms with Crippen molar-refractivity contribution in [2.24, 2.45) is 0 Å². The van der Waals surface area contributed by atoms with Crippen molar-refractivity contribution in [1.29, 1.82) is 0 Å². The molecule has 1 saturated carbocycles. The highest BCUT2D eigenvalue weighted by molar-refractivity contribution is 5.87. The van der Waals surface area contributed by atoms with E-state index < -0.39 is 4.92 Å². The van der Waals surface area contributed by atoms with Crippen LogP contribution in [0.1, 0.15) is 37.2 Å². The summed E-state index contributed by atoms with van der Waals surface area (Å²) in [6.45, 7) is 0.